The number of carbonyl (C=O) groups is 2. The van der Waals surface area contributed by atoms with Crippen LogP contribution in [0, 0.1) is 46.3 Å². The zero-order valence-electron chi connectivity index (χ0n) is 37.2. The molecule has 0 aromatic heterocycles. The smallest absolute Gasteiger partial charge is 0.339 e. The van der Waals surface area contributed by atoms with Crippen molar-refractivity contribution in [1.29, 1.82) is 0 Å². The largest absolute Gasteiger partial charge is 0.509 e. The van der Waals surface area contributed by atoms with E-state index >= 15 is 4.79 Å². The number of nitrogens with zero attached hydrogens (tertiary/aromatic N) is 2. The van der Waals surface area contributed by atoms with Crippen molar-refractivity contribution in [3.05, 3.63) is 128 Å². The molecule has 0 amide bonds. The first kappa shape index (κ1) is 39.0. The zero-order chi connectivity index (χ0) is 42.6. The minimum Gasteiger partial charge on any atom is -0.509 e. The normalized spacial score (nSPS) is 40.0. The number of hydrogen-bond acceptors (Lipinski definition) is 8. The maximum absolute atomic E-state index is 16.0. The van der Waals surface area contributed by atoms with E-state index < -0.39 is 16.4 Å². The van der Waals surface area contributed by atoms with Crippen LogP contribution in [0.4, 0.5) is 0 Å². The molecule has 5 aliphatic carbocycles. The van der Waals surface area contributed by atoms with Crippen molar-refractivity contribution in [3.8, 4) is 0 Å². The summed E-state index contributed by atoms with van der Waals surface area (Å²) in [6.07, 6.45) is 19.3. The number of allylic oxidation sites excluding steroid dienone is 5. The molecule has 9 heterocycles. The van der Waals surface area contributed by atoms with E-state index in [1.54, 1.807) is 0 Å². The van der Waals surface area contributed by atoms with Crippen LogP contribution in [0.1, 0.15) is 117 Å². The topological polar surface area (TPSA) is 105 Å². The van der Waals surface area contributed by atoms with Gasteiger partial charge in [-0.1, -0.05) is 98.5 Å². The highest BCUT2D eigenvalue weighted by Gasteiger charge is 2.93. The lowest BCUT2D eigenvalue weighted by atomic mass is 9.29. The van der Waals surface area contributed by atoms with Crippen LogP contribution in [0.15, 0.2) is 100 Å². The van der Waals surface area contributed by atoms with Crippen molar-refractivity contribution < 1.29 is 24.2 Å². The Morgan fingerprint density at radius 2 is 1.89 bits per heavy atom. The first-order valence-electron chi connectivity index (χ1n) is 24.9. The lowest BCUT2D eigenvalue weighted by Crippen LogP contribution is -2.77. The van der Waals surface area contributed by atoms with Gasteiger partial charge in [-0.3, -0.25) is 9.69 Å². The third-order valence-corrected chi connectivity index (χ3v) is 18.8. The van der Waals surface area contributed by atoms with Gasteiger partial charge in [-0.05, 0) is 129 Å². The van der Waals surface area contributed by atoms with E-state index in [0.717, 1.165) is 94.1 Å². The molecule has 3 spiro atoms. The molecule has 9 aliphatic heterocycles. The highest BCUT2D eigenvalue weighted by Crippen LogP contribution is 2.87. The minimum absolute atomic E-state index is 0.102. The van der Waals surface area contributed by atoms with E-state index in [1.165, 1.54) is 40.0 Å². The van der Waals surface area contributed by atoms with Crippen LogP contribution in [-0.2, 0) is 39.1 Å². The van der Waals surface area contributed by atoms with Crippen molar-refractivity contribution in [1.82, 2.24) is 9.80 Å². The third kappa shape index (κ3) is 4.85. The summed E-state index contributed by atoms with van der Waals surface area (Å²) in [5, 5.41) is 13.1. The van der Waals surface area contributed by atoms with E-state index in [-0.39, 0.29) is 35.6 Å². The molecule has 3 N–H and O–H groups in total. The summed E-state index contributed by atoms with van der Waals surface area (Å²) < 4.78 is 14.1. The SMILES string of the molecule is CCC[C@H]1CC(O)=C2OC(=O)[C@@]34C5=C6CC[C@@]23[C@]2(OC(=O)c3c(CCCN)cccc32)[C@H]4CCCCc2cccc(c2)CC(=C5)[C@@H]2[C@@H]6C3=C(C=C[C@H]4[C@H]5C[C@H](CN1C5)CN34)C[C@@H]2C. The summed E-state index contributed by atoms with van der Waals surface area (Å²) in [6, 6.07) is 16.0. The predicted molar refractivity (Wildman–Crippen MR) is 241 cm³/mol. The molecular weight excluding hydrogens is 783 g/mol. The maximum atomic E-state index is 16.0. The predicted octanol–water partition coefficient (Wildman–Crippen LogP) is 9.16. The van der Waals surface area contributed by atoms with Crippen LogP contribution in [-0.4, -0.2) is 65.1 Å². The van der Waals surface area contributed by atoms with E-state index in [2.05, 4.69) is 84.3 Å². The van der Waals surface area contributed by atoms with Gasteiger partial charge in [0.1, 0.15) is 11.2 Å². The Bertz CT molecular complexity index is 2530. The lowest BCUT2D eigenvalue weighted by molar-refractivity contribution is -0.276. The maximum Gasteiger partial charge on any atom is 0.339 e. The Hall–Kier alpha value is -4.40. The van der Waals surface area contributed by atoms with Gasteiger partial charge in [0.25, 0.3) is 0 Å². The molecule has 2 aromatic carbocycles. The monoisotopic (exact) mass is 845 g/mol. The number of benzene rings is 2. The van der Waals surface area contributed by atoms with Gasteiger partial charge in [-0.2, -0.15) is 0 Å². The molecule has 328 valence electrons. The van der Waals surface area contributed by atoms with Gasteiger partial charge in [0.2, 0.25) is 0 Å². The highest BCUT2D eigenvalue weighted by molar-refractivity contribution is 6.00. The third-order valence-electron chi connectivity index (χ3n) is 18.8. The fourth-order valence-corrected chi connectivity index (χ4v) is 16.9. The molecule has 8 heteroatoms. The quantitative estimate of drug-likeness (QED) is 0.288. The van der Waals surface area contributed by atoms with Gasteiger partial charge in [0, 0.05) is 55.2 Å². The fraction of sp³-hybridized carbons (Fsp3) is 0.564. The molecule has 63 heavy (non-hydrogen) atoms. The Kier molecular flexibility index (Phi) is 8.55. The molecule has 0 radical (unpaired) electrons. The molecule has 1 saturated carbocycles. The number of aliphatic hydroxyl groups excluding tert-OH is 1. The van der Waals surface area contributed by atoms with E-state index in [1.807, 2.05) is 0 Å². The number of aryl methyl sites for hydroxylation is 2. The van der Waals surface area contributed by atoms with E-state index in [0.29, 0.717) is 73.3 Å². The summed E-state index contributed by atoms with van der Waals surface area (Å²) in [7, 11) is 0. The molecule has 15 bridgehead atoms. The van der Waals surface area contributed by atoms with Gasteiger partial charge in [-0.15, -0.1) is 0 Å². The van der Waals surface area contributed by atoms with Crippen LogP contribution in [0.3, 0.4) is 0 Å². The number of piperidine rings is 2. The van der Waals surface area contributed by atoms with Crippen molar-refractivity contribution in [2.75, 3.05) is 26.2 Å². The van der Waals surface area contributed by atoms with Crippen LogP contribution in [0.2, 0.25) is 0 Å². The first-order valence-corrected chi connectivity index (χ1v) is 24.9. The second-order valence-electron chi connectivity index (χ2n) is 21.7. The van der Waals surface area contributed by atoms with Gasteiger partial charge in [0.15, 0.2) is 11.4 Å². The van der Waals surface area contributed by atoms with Crippen LogP contribution < -0.4 is 5.73 Å². The van der Waals surface area contributed by atoms with Gasteiger partial charge < -0.3 is 25.2 Å². The number of carbonyl (C=O) groups excluding carboxylic acids is 2. The molecular formula is C55H63N3O5. The number of fused-ring (bicyclic) bond motifs is 6. The lowest BCUT2D eigenvalue weighted by Gasteiger charge is -2.71. The molecule has 3 saturated heterocycles. The van der Waals surface area contributed by atoms with E-state index in [9.17, 15) is 9.90 Å². The highest BCUT2D eigenvalue weighted by atomic mass is 16.6. The van der Waals surface area contributed by atoms with Crippen molar-refractivity contribution in [2.45, 2.75) is 121 Å². The van der Waals surface area contributed by atoms with Crippen LogP contribution in [0.25, 0.3) is 0 Å². The van der Waals surface area contributed by atoms with Crippen molar-refractivity contribution >= 4 is 11.9 Å². The van der Waals surface area contributed by atoms with Gasteiger partial charge in [-0.25, -0.2) is 4.79 Å². The van der Waals surface area contributed by atoms with Crippen molar-refractivity contribution in [2.24, 2.45) is 52.1 Å². The average Bonchev–Trinajstić information content (AvgIpc) is 3.73. The summed E-state index contributed by atoms with van der Waals surface area (Å²) >= 11 is 0. The molecule has 4 fully saturated rings. The average molecular weight is 846 g/mol. The Morgan fingerprint density at radius 1 is 1.02 bits per heavy atom. The number of aliphatic hydroxyl groups is 1. The summed E-state index contributed by atoms with van der Waals surface area (Å²) in [5.41, 5.74) is 14.8. The van der Waals surface area contributed by atoms with Crippen LogP contribution >= 0.6 is 0 Å². The number of esters is 2. The molecule has 8 nitrogen and oxygen atoms in total. The standard InChI is InChI=1S/C55H63N3O5/c1-3-9-39-27-44(59)50-53-20-19-40-42-26-37(46-31(2)22-36-17-18-43-38-25-34(28-57(39)30-38)29-58(43)49(36)48(40)46)24-33-12-6-11-32(23-33)10-4-5-16-45(54(42,53)52(61)62-50)55(53)41-15-7-13-35(14-8-21-56)47(41)51(60)63-55/h6-7,11-13,15,17-18,23,26,31,34,38-39,43,45-46,48,59H,3-5,8-10,14,16,19-22,24-25,27-30,56H2,1-2H3/t31-,34+,38-,39-,43-,45-,46+,48+,53+,54-,55+/m0/s1. The molecule has 16 rings (SSSR count). The summed E-state index contributed by atoms with van der Waals surface area (Å²) in [5.74, 6) is 1.57. The van der Waals surface area contributed by atoms with Crippen LogP contribution in [0.5, 0.6) is 0 Å². The van der Waals surface area contributed by atoms with E-state index in [4.69, 9.17) is 15.2 Å². The number of rotatable bonds is 5. The second-order valence-corrected chi connectivity index (χ2v) is 21.7. The molecule has 14 aliphatic rings. The summed E-state index contributed by atoms with van der Waals surface area (Å²) in [4.78, 5) is 36.5. The Morgan fingerprint density at radius 3 is 2.76 bits per heavy atom. The fourth-order valence-electron chi connectivity index (χ4n) is 16.9. The zero-order valence-corrected chi connectivity index (χ0v) is 37.2. The van der Waals surface area contributed by atoms with Crippen molar-refractivity contribution in [3.63, 3.8) is 0 Å². The number of ether oxygens (including phenoxy) is 2. The molecule has 1 unspecified atom stereocenters. The molecule has 12 atom stereocenters. The minimum atomic E-state index is -1.17. The van der Waals surface area contributed by atoms with Gasteiger partial charge in [0.05, 0.1) is 17.0 Å². The first-order chi connectivity index (χ1) is 30.7. The Balaban J connectivity index is 1.13. The van der Waals surface area contributed by atoms with Gasteiger partial charge >= 0.3 is 11.9 Å². The molecule has 2 aromatic rings. The second kappa shape index (κ2) is 13.8. The Labute approximate surface area is 372 Å². The summed E-state index contributed by atoms with van der Waals surface area (Å²) in [6.45, 7) is 8.32. The number of nitrogens with two attached hydrogens (primary N) is 1. The number of hydrogen-bond donors (Lipinski definition) is 2.